The third-order valence-corrected chi connectivity index (χ3v) is 4.03. The van der Waals surface area contributed by atoms with Crippen LogP contribution in [0.15, 0.2) is 24.3 Å². The van der Waals surface area contributed by atoms with Crippen molar-refractivity contribution < 1.29 is 18.0 Å². The van der Waals surface area contributed by atoms with Crippen molar-refractivity contribution in [3.63, 3.8) is 0 Å². The van der Waals surface area contributed by atoms with Gasteiger partial charge in [0.05, 0.1) is 5.56 Å². The van der Waals surface area contributed by atoms with Crippen LogP contribution < -0.4 is 5.73 Å². The van der Waals surface area contributed by atoms with Gasteiger partial charge in [0.1, 0.15) is 0 Å². The first-order chi connectivity index (χ1) is 9.79. The summed E-state index contributed by atoms with van der Waals surface area (Å²) in [5.74, 6) is 0.188. The number of amides is 1. The Morgan fingerprint density at radius 3 is 2.19 bits per heavy atom. The van der Waals surface area contributed by atoms with Crippen LogP contribution in [0.1, 0.15) is 35.7 Å². The molecule has 1 saturated heterocycles. The molecule has 6 heteroatoms. The molecule has 0 aromatic heterocycles. The molecular weight excluding hydrogens is 281 g/mol. The molecule has 21 heavy (non-hydrogen) atoms. The van der Waals surface area contributed by atoms with Gasteiger partial charge in [-0.1, -0.05) is 0 Å². The SMILES string of the molecule is CC(N)C1CCN(C(=O)c2ccc(C(F)(F)F)cc2)CC1. The molecule has 1 aromatic carbocycles. The Morgan fingerprint density at radius 1 is 1.24 bits per heavy atom. The Labute approximate surface area is 121 Å². The molecule has 3 nitrogen and oxygen atoms in total. The zero-order valence-electron chi connectivity index (χ0n) is 11.9. The molecule has 116 valence electrons. The average molecular weight is 300 g/mol. The van der Waals surface area contributed by atoms with E-state index in [0.717, 1.165) is 25.0 Å². The molecular formula is C15H19F3N2O. The molecule has 0 bridgehead atoms. The summed E-state index contributed by atoms with van der Waals surface area (Å²) in [7, 11) is 0. The van der Waals surface area contributed by atoms with Crippen molar-refractivity contribution in [3.05, 3.63) is 35.4 Å². The normalized spacial score (nSPS) is 18.6. The molecule has 1 atom stereocenters. The van der Waals surface area contributed by atoms with E-state index in [1.165, 1.54) is 12.1 Å². The van der Waals surface area contributed by atoms with Gasteiger partial charge in [-0.2, -0.15) is 13.2 Å². The lowest BCUT2D eigenvalue weighted by molar-refractivity contribution is -0.137. The number of piperidine rings is 1. The zero-order valence-corrected chi connectivity index (χ0v) is 11.9. The van der Waals surface area contributed by atoms with Gasteiger partial charge in [0.2, 0.25) is 0 Å². The standard InChI is InChI=1S/C15H19F3N2O/c1-10(19)11-6-8-20(9-7-11)14(21)12-2-4-13(5-3-12)15(16,17)18/h2-5,10-11H,6-9,19H2,1H3. The molecule has 0 radical (unpaired) electrons. The summed E-state index contributed by atoms with van der Waals surface area (Å²) in [5, 5.41) is 0. The molecule has 1 aromatic rings. The first-order valence-electron chi connectivity index (χ1n) is 7.01. The molecule has 1 unspecified atom stereocenters. The van der Waals surface area contributed by atoms with Crippen LogP contribution in [0.2, 0.25) is 0 Å². The van der Waals surface area contributed by atoms with Crippen molar-refractivity contribution in [1.82, 2.24) is 4.90 Å². The van der Waals surface area contributed by atoms with Gasteiger partial charge in [-0.3, -0.25) is 4.79 Å². The maximum Gasteiger partial charge on any atom is 0.416 e. The molecule has 1 amide bonds. The van der Waals surface area contributed by atoms with Crippen molar-refractivity contribution >= 4 is 5.91 Å². The molecule has 0 spiro atoms. The van der Waals surface area contributed by atoms with E-state index in [1.54, 1.807) is 4.90 Å². The van der Waals surface area contributed by atoms with E-state index in [9.17, 15) is 18.0 Å². The van der Waals surface area contributed by atoms with E-state index in [-0.39, 0.29) is 11.9 Å². The second-order valence-electron chi connectivity index (χ2n) is 5.56. The predicted molar refractivity (Wildman–Crippen MR) is 73.7 cm³/mol. The third kappa shape index (κ3) is 3.75. The van der Waals surface area contributed by atoms with Crippen LogP contribution in [-0.2, 0) is 6.18 Å². The minimum absolute atomic E-state index is 0.105. The molecule has 1 aliphatic rings. The number of hydrogen-bond donors (Lipinski definition) is 1. The highest BCUT2D eigenvalue weighted by Gasteiger charge is 2.31. The highest BCUT2D eigenvalue weighted by molar-refractivity contribution is 5.94. The molecule has 2 rings (SSSR count). The lowest BCUT2D eigenvalue weighted by Gasteiger charge is -2.33. The minimum Gasteiger partial charge on any atom is -0.339 e. The first-order valence-corrected chi connectivity index (χ1v) is 7.01. The Morgan fingerprint density at radius 2 is 1.76 bits per heavy atom. The van der Waals surface area contributed by atoms with E-state index in [0.29, 0.717) is 24.6 Å². The number of likely N-dealkylation sites (tertiary alicyclic amines) is 1. The Balaban J connectivity index is 2.01. The number of carbonyl (C=O) groups is 1. The van der Waals surface area contributed by atoms with Crippen LogP contribution in [0, 0.1) is 5.92 Å². The second-order valence-corrected chi connectivity index (χ2v) is 5.56. The summed E-state index contributed by atoms with van der Waals surface area (Å²) in [6.45, 7) is 3.16. The number of rotatable bonds is 2. The van der Waals surface area contributed by atoms with Crippen LogP contribution in [0.5, 0.6) is 0 Å². The van der Waals surface area contributed by atoms with Gasteiger partial charge in [-0.05, 0) is 49.9 Å². The smallest absolute Gasteiger partial charge is 0.339 e. The van der Waals surface area contributed by atoms with Crippen LogP contribution >= 0.6 is 0 Å². The van der Waals surface area contributed by atoms with Crippen LogP contribution in [0.4, 0.5) is 13.2 Å². The molecule has 1 aliphatic heterocycles. The van der Waals surface area contributed by atoms with Gasteiger partial charge in [-0.25, -0.2) is 0 Å². The summed E-state index contributed by atoms with van der Waals surface area (Å²) in [6.07, 6.45) is -2.70. The van der Waals surface area contributed by atoms with Crippen molar-refractivity contribution in [2.75, 3.05) is 13.1 Å². The van der Waals surface area contributed by atoms with Gasteiger partial charge in [0.15, 0.2) is 0 Å². The number of nitrogens with two attached hydrogens (primary N) is 1. The summed E-state index contributed by atoms with van der Waals surface area (Å²) in [4.78, 5) is 13.9. The zero-order chi connectivity index (χ0) is 15.6. The highest BCUT2D eigenvalue weighted by Crippen LogP contribution is 2.29. The number of alkyl halides is 3. The maximum atomic E-state index is 12.5. The summed E-state index contributed by atoms with van der Waals surface area (Å²) < 4.78 is 37.5. The topological polar surface area (TPSA) is 46.3 Å². The third-order valence-electron chi connectivity index (χ3n) is 4.03. The predicted octanol–water partition coefficient (Wildman–Crippen LogP) is 2.90. The minimum atomic E-state index is -4.38. The summed E-state index contributed by atoms with van der Waals surface area (Å²) >= 11 is 0. The van der Waals surface area contributed by atoms with Crippen LogP contribution in [0.3, 0.4) is 0 Å². The fourth-order valence-corrected chi connectivity index (χ4v) is 2.61. The molecule has 0 saturated carbocycles. The average Bonchev–Trinajstić information content (AvgIpc) is 2.46. The maximum absolute atomic E-state index is 12.5. The lowest BCUT2D eigenvalue weighted by Crippen LogP contribution is -2.42. The van der Waals surface area contributed by atoms with E-state index < -0.39 is 11.7 Å². The van der Waals surface area contributed by atoms with Gasteiger partial charge >= 0.3 is 6.18 Å². The van der Waals surface area contributed by atoms with Crippen LogP contribution in [-0.4, -0.2) is 29.9 Å². The summed E-state index contributed by atoms with van der Waals surface area (Å²) in [5.41, 5.74) is 5.40. The van der Waals surface area contributed by atoms with Crippen molar-refractivity contribution in [1.29, 1.82) is 0 Å². The van der Waals surface area contributed by atoms with Gasteiger partial charge < -0.3 is 10.6 Å². The van der Waals surface area contributed by atoms with E-state index in [2.05, 4.69) is 0 Å². The molecule has 2 N–H and O–H groups in total. The monoisotopic (exact) mass is 300 g/mol. The lowest BCUT2D eigenvalue weighted by atomic mass is 9.90. The van der Waals surface area contributed by atoms with Crippen molar-refractivity contribution in [2.45, 2.75) is 32.0 Å². The number of benzene rings is 1. The van der Waals surface area contributed by atoms with Crippen molar-refractivity contribution in [3.8, 4) is 0 Å². The van der Waals surface area contributed by atoms with Crippen LogP contribution in [0.25, 0.3) is 0 Å². The summed E-state index contributed by atoms with van der Waals surface area (Å²) in [6, 6.07) is 4.48. The van der Waals surface area contributed by atoms with E-state index >= 15 is 0 Å². The fraction of sp³-hybridized carbons (Fsp3) is 0.533. The Kier molecular flexibility index (Phi) is 4.56. The van der Waals surface area contributed by atoms with Crippen molar-refractivity contribution in [2.24, 2.45) is 11.7 Å². The van der Waals surface area contributed by atoms with E-state index in [4.69, 9.17) is 5.73 Å². The molecule has 1 fully saturated rings. The Bertz CT molecular complexity index is 489. The van der Waals surface area contributed by atoms with Gasteiger partial charge in [0.25, 0.3) is 5.91 Å². The fourth-order valence-electron chi connectivity index (χ4n) is 2.61. The van der Waals surface area contributed by atoms with Gasteiger partial charge in [-0.15, -0.1) is 0 Å². The number of halogens is 3. The Hall–Kier alpha value is -1.56. The number of hydrogen-bond acceptors (Lipinski definition) is 2. The highest BCUT2D eigenvalue weighted by atomic mass is 19.4. The quantitative estimate of drug-likeness (QED) is 0.913. The second kappa shape index (κ2) is 6.05. The van der Waals surface area contributed by atoms with Gasteiger partial charge in [0, 0.05) is 24.7 Å². The number of carbonyl (C=O) groups excluding carboxylic acids is 1. The van der Waals surface area contributed by atoms with E-state index in [1.807, 2.05) is 6.92 Å². The first kappa shape index (κ1) is 15.8. The molecule has 0 aliphatic carbocycles. The number of nitrogens with zero attached hydrogens (tertiary/aromatic N) is 1. The largest absolute Gasteiger partial charge is 0.416 e. The molecule has 1 heterocycles.